The number of esters is 1. The summed E-state index contributed by atoms with van der Waals surface area (Å²) in [6, 6.07) is 16.7. The van der Waals surface area contributed by atoms with Crippen LogP contribution in [-0.2, 0) is 25.5 Å². The van der Waals surface area contributed by atoms with Gasteiger partial charge in [0, 0.05) is 16.1 Å². The van der Waals surface area contributed by atoms with Crippen molar-refractivity contribution in [1.29, 1.82) is 5.26 Å². The maximum absolute atomic E-state index is 12.9. The molecule has 0 saturated heterocycles. The molecule has 0 radical (unpaired) electrons. The molecule has 2 amide bonds. The number of benzene rings is 2. The monoisotopic (exact) mass is 527 g/mol. The predicted molar refractivity (Wildman–Crippen MR) is 130 cm³/mol. The lowest BCUT2D eigenvalue weighted by Gasteiger charge is -2.31. The number of hydrogen-bond donors (Lipinski definition) is 2. The molecule has 1 heterocycles. The van der Waals surface area contributed by atoms with Gasteiger partial charge in [0.25, 0.3) is 0 Å². The molecular weight excluding hydrogens is 506 g/mol. The van der Waals surface area contributed by atoms with Gasteiger partial charge in [0.2, 0.25) is 11.8 Å². The van der Waals surface area contributed by atoms with Crippen LogP contribution < -0.4 is 10.6 Å². The van der Waals surface area contributed by atoms with Crippen molar-refractivity contribution >= 4 is 51.2 Å². The van der Waals surface area contributed by atoms with Gasteiger partial charge in [0.05, 0.1) is 29.5 Å². The summed E-state index contributed by atoms with van der Waals surface area (Å²) in [5.41, 5.74) is 2.64. The molecule has 33 heavy (non-hydrogen) atoms. The second-order valence-electron chi connectivity index (χ2n) is 7.26. The number of methoxy groups -OCH3 is 1. The molecule has 0 aromatic heterocycles. The lowest BCUT2D eigenvalue weighted by Crippen LogP contribution is -2.44. The van der Waals surface area contributed by atoms with E-state index in [0.717, 1.165) is 28.2 Å². The maximum atomic E-state index is 12.9. The number of nitrogens with one attached hydrogen (secondary N) is 2. The zero-order valence-electron chi connectivity index (χ0n) is 18.1. The molecule has 0 aliphatic carbocycles. The Morgan fingerprint density at radius 3 is 2.58 bits per heavy atom. The first-order chi connectivity index (χ1) is 15.9. The van der Waals surface area contributed by atoms with E-state index >= 15 is 0 Å². The summed E-state index contributed by atoms with van der Waals surface area (Å²) in [5.74, 6) is -3.66. The van der Waals surface area contributed by atoms with Crippen LogP contribution in [0.1, 0.15) is 24.0 Å². The Balaban J connectivity index is 1.86. The first-order valence-electron chi connectivity index (χ1n) is 10.2. The van der Waals surface area contributed by atoms with Gasteiger partial charge >= 0.3 is 5.97 Å². The number of anilines is 1. The lowest BCUT2D eigenvalue weighted by molar-refractivity contribution is -0.150. The molecule has 2 N–H and O–H groups in total. The second-order valence-corrected chi connectivity index (χ2v) is 9.17. The molecule has 1 aliphatic rings. The summed E-state index contributed by atoms with van der Waals surface area (Å²) in [6.07, 6.45) is 0.903. The molecule has 0 spiro atoms. The van der Waals surface area contributed by atoms with E-state index in [1.54, 1.807) is 18.2 Å². The van der Waals surface area contributed by atoms with E-state index in [4.69, 9.17) is 4.74 Å². The number of carbonyl (C=O) groups excluding carboxylic acids is 3. The van der Waals surface area contributed by atoms with Gasteiger partial charge in [-0.3, -0.25) is 14.4 Å². The molecule has 0 unspecified atom stereocenters. The van der Waals surface area contributed by atoms with Crippen LogP contribution >= 0.6 is 27.7 Å². The fourth-order valence-corrected chi connectivity index (χ4v) is 4.80. The van der Waals surface area contributed by atoms with Gasteiger partial charge in [-0.15, -0.1) is 0 Å². The van der Waals surface area contributed by atoms with Gasteiger partial charge in [-0.1, -0.05) is 58.9 Å². The van der Waals surface area contributed by atoms with Crippen molar-refractivity contribution in [2.24, 2.45) is 5.92 Å². The van der Waals surface area contributed by atoms with Gasteiger partial charge in [0.15, 0.2) is 0 Å². The number of nitriles is 1. The number of rotatable bonds is 7. The van der Waals surface area contributed by atoms with Crippen molar-refractivity contribution < 1.29 is 19.1 Å². The molecule has 2 aromatic rings. The summed E-state index contributed by atoms with van der Waals surface area (Å²) in [7, 11) is 1.20. The summed E-state index contributed by atoms with van der Waals surface area (Å²) < 4.78 is 5.58. The molecule has 170 valence electrons. The Morgan fingerprint density at radius 2 is 1.97 bits per heavy atom. The quantitative estimate of drug-likeness (QED) is 0.414. The number of hydrogen-bond acceptors (Lipinski definition) is 6. The third kappa shape index (κ3) is 5.83. The molecule has 2 aromatic carbocycles. The summed E-state index contributed by atoms with van der Waals surface area (Å²) in [5, 5.41) is 15.6. The van der Waals surface area contributed by atoms with E-state index in [1.807, 2.05) is 30.3 Å². The topological polar surface area (TPSA) is 108 Å². The van der Waals surface area contributed by atoms with Crippen molar-refractivity contribution in [2.75, 3.05) is 18.2 Å². The molecular formula is C24H22BrN3O4S. The number of ether oxygens (including phenoxy) is 1. The third-order valence-corrected chi connectivity index (χ3v) is 6.70. The highest BCUT2D eigenvalue weighted by molar-refractivity contribution is 9.10. The zero-order valence-corrected chi connectivity index (χ0v) is 20.5. The number of allylic oxidation sites excluding steroid dienone is 1. The first kappa shape index (κ1) is 24.6. The SMILES string of the molecule is CCc1ccc(NC(=O)CSC2=C(C#N)[C@@H](c3cccc(Br)c3)[C@H](C(=O)OC)C(=O)N2)cc1. The van der Waals surface area contributed by atoms with E-state index in [-0.39, 0.29) is 22.3 Å². The normalized spacial score (nSPS) is 17.7. The summed E-state index contributed by atoms with van der Waals surface area (Å²) in [6.45, 7) is 2.05. The van der Waals surface area contributed by atoms with Gasteiger partial charge < -0.3 is 15.4 Å². The number of carbonyl (C=O) groups is 3. The fraction of sp³-hybridized carbons (Fsp3) is 0.250. The fourth-order valence-electron chi connectivity index (χ4n) is 3.54. The van der Waals surface area contributed by atoms with Crippen LogP contribution in [0.3, 0.4) is 0 Å². The van der Waals surface area contributed by atoms with Crippen molar-refractivity contribution in [3.63, 3.8) is 0 Å². The van der Waals surface area contributed by atoms with Crippen molar-refractivity contribution in [1.82, 2.24) is 5.32 Å². The van der Waals surface area contributed by atoms with Gasteiger partial charge in [-0.25, -0.2) is 0 Å². The molecule has 0 fully saturated rings. The Bertz CT molecular complexity index is 1140. The van der Waals surface area contributed by atoms with E-state index in [1.165, 1.54) is 7.11 Å². The highest BCUT2D eigenvalue weighted by Crippen LogP contribution is 2.40. The molecule has 1 aliphatic heterocycles. The number of nitrogens with zero attached hydrogens (tertiary/aromatic N) is 1. The third-order valence-electron chi connectivity index (χ3n) is 5.19. The predicted octanol–water partition coefficient (Wildman–Crippen LogP) is 4.12. The minimum atomic E-state index is -1.21. The average Bonchev–Trinajstić information content (AvgIpc) is 2.82. The smallest absolute Gasteiger partial charge is 0.319 e. The van der Waals surface area contributed by atoms with Gasteiger partial charge in [-0.05, 0) is 41.8 Å². The molecule has 7 nitrogen and oxygen atoms in total. The standard InChI is InChI=1S/C24H22BrN3O4S/c1-3-14-7-9-17(10-8-14)27-19(29)13-33-23-18(12-26)20(15-5-4-6-16(25)11-15)21(22(30)28-23)24(31)32-2/h4-11,20-21H,3,13H2,1-2H3,(H,27,29)(H,28,30)/t20-,21+/m1/s1. The highest BCUT2D eigenvalue weighted by Gasteiger charge is 2.44. The van der Waals surface area contributed by atoms with Crippen molar-refractivity contribution in [2.45, 2.75) is 19.3 Å². The molecule has 0 saturated carbocycles. The Hall–Kier alpha value is -3.09. The Kier molecular flexibility index (Phi) is 8.31. The zero-order chi connectivity index (χ0) is 24.0. The van der Waals surface area contributed by atoms with E-state index in [2.05, 4.69) is 39.6 Å². The minimum Gasteiger partial charge on any atom is -0.468 e. The highest BCUT2D eigenvalue weighted by atomic mass is 79.9. The van der Waals surface area contributed by atoms with Crippen LogP contribution in [0.2, 0.25) is 0 Å². The van der Waals surface area contributed by atoms with E-state index in [9.17, 15) is 19.6 Å². The van der Waals surface area contributed by atoms with Crippen LogP contribution in [0.4, 0.5) is 5.69 Å². The number of halogens is 1. The summed E-state index contributed by atoms with van der Waals surface area (Å²) in [4.78, 5) is 37.8. The van der Waals surface area contributed by atoms with Crippen molar-refractivity contribution in [3.05, 3.63) is 74.7 Å². The average molecular weight is 528 g/mol. The van der Waals surface area contributed by atoms with Crippen LogP contribution in [0.25, 0.3) is 0 Å². The number of aryl methyl sites for hydroxylation is 1. The Morgan fingerprint density at radius 1 is 1.24 bits per heavy atom. The number of thioether (sulfide) groups is 1. The van der Waals surface area contributed by atoms with Crippen LogP contribution in [0, 0.1) is 17.2 Å². The van der Waals surface area contributed by atoms with Gasteiger partial charge in [0.1, 0.15) is 5.92 Å². The van der Waals surface area contributed by atoms with Crippen LogP contribution in [-0.4, -0.2) is 30.6 Å². The van der Waals surface area contributed by atoms with Crippen molar-refractivity contribution in [3.8, 4) is 6.07 Å². The van der Waals surface area contributed by atoms with Gasteiger partial charge in [-0.2, -0.15) is 5.26 Å². The van der Waals surface area contributed by atoms with E-state index < -0.39 is 23.7 Å². The minimum absolute atomic E-state index is 0.0234. The van der Waals surface area contributed by atoms with E-state index in [0.29, 0.717) is 11.3 Å². The Labute approximate surface area is 204 Å². The molecule has 9 heteroatoms. The lowest BCUT2D eigenvalue weighted by atomic mass is 9.78. The summed E-state index contributed by atoms with van der Waals surface area (Å²) >= 11 is 4.43. The largest absolute Gasteiger partial charge is 0.468 e. The number of amides is 2. The molecule has 3 rings (SSSR count). The first-order valence-corrected chi connectivity index (χ1v) is 12.0. The maximum Gasteiger partial charge on any atom is 0.319 e. The molecule has 2 atom stereocenters. The van der Waals surface area contributed by atoms with Crippen LogP contribution in [0.15, 0.2) is 63.6 Å². The molecule has 0 bridgehead atoms. The second kappa shape index (κ2) is 11.2. The van der Waals surface area contributed by atoms with Crippen LogP contribution in [0.5, 0.6) is 0 Å².